The lowest BCUT2D eigenvalue weighted by molar-refractivity contribution is -0.158. The molecule has 4 aliphatic heterocycles. The van der Waals surface area contributed by atoms with Gasteiger partial charge in [-0.25, -0.2) is 0 Å². The number of nitrogens with zero attached hydrogens (tertiary/aromatic N) is 3. The first kappa shape index (κ1) is 19.2. The quantitative estimate of drug-likeness (QED) is 0.699. The maximum atomic E-state index is 13.8. The van der Waals surface area contributed by atoms with Crippen LogP contribution in [-0.4, -0.2) is 66.3 Å². The summed E-state index contributed by atoms with van der Waals surface area (Å²) in [7, 11) is 3.36. The summed E-state index contributed by atoms with van der Waals surface area (Å²) in [6.45, 7) is 4.57. The number of carbonyl (C=O) groups excluding carboxylic acids is 3. The molecule has 4 aliphatic rings. The summed E-state index contributed by atoms with van der Waals surface area (Å²) in [6, 6.07) is 4.18. The summed E-state index contributed by atoms with van der Waals surface area (Å²) in [5.74, 6) is 0.573. The van der Waals surface area contributed by atoms with Gasteiger partial charge in [-0.15, -0.1) is 0 Å². The summed E-state index contributed by atoms with van der Waals surface area (Å²) in [4.78, 5) is 45.8. The van der Waals surface area contributed by atoms with Crippen molar-refractivity contribution in [3.05, 3.63) is 35.4 Å². The molecular formula is C23H27N3O4. The summed E-state index contributed by atoms with van der Waals surface area (Å²) < 4.78 is 5.37. The second-order valence-electron chi connectivity index (χ2n) is 9.06. The smallest absolute Gasteiger partial charge is 0.246 e. The zero-order valence-corrected chi connectivity index (χ0v) is 17.8. The maximum absolute atomic E-state index is 13.8. The highest BCUT2D eigenvalue weighted by molar-refractivity contribution is 6.11. The molecule has 7 heteroatoms. The van der Waals surface area contributed by atoms with E-state index in [1.807, 2.05) is 38.1 Å². The van der Waals surface area contributed by atoms with E-state index in [1.54, 1.807) is 28.9 Å². The summed E-state index contributed by atoms with van der Waals surface area (Å²) >= 11 is 0. The molecule has 3 fully saturated rings. The van der Waals surface area contributed by atoms with Gasteiger partial charge in [0.05, 0.1) is 18.8 Å². The summed E-state index contributed by atoms with van der Waals surface area (Å²) in [5.41, 5.74) is 1.72. The number of amides is 3. The molecule has 5 rings (SSSR count). The standard InChI is InChI=1S/C23H27N3O4/c1-13(2)10-19-23(15-8-7-14(30-4)11-17(15)24(3)22(23)29)12-18-20(27)25-9-5-6-16(25)21(28)26(18)19/h7-8,10-11,16,18-19H,5-6,9,12H2,1-4H3/t16-,18-,19-,23-/m0/s1. The van der Waals surface area contributed by atoms with Crippen molar-refractivity contribution in [1.82, 2.24) is 9.80 Å². The number of rotatable bonds is 2. The van der Waals surface area contributed by atoms with E-state index in [1.165, 1.54) is 0 Å². The van der Waals surface area contributed by atoms with E-state index in [0.29, 0.717) is 25.1 Å². The molecule has 4 atom stereocenters. The van der Waals surface area contributed by atoms with Gasteiger partial charge >= 0.3 is 0 Å². The molecule has 0 unspecified atom stereocenters. The summed E-state index contributed by atoms with van der Waals surface area (Å²) in [6.07, 6.45) is 3.87. The zero-order chi connectivity index (χ0) is 21.4. The second-order valence-corrected chi connectivity index (χ2v) is 9.06. The molecule has 0 saturated carbocycles. The lowest BCUT2D eigenvalue weighted by Gasteiger charge is -2.41. The van der Waals surface area contributed by atoms with E-state index >= 15 is 0 Å². The predicted molar refractivity (Wildman–Crippen MR) is 111 cm³/mol. The van der Waals surface area contributed by atoms with Crippen LogP contribution in [0.5, 0.6) is 5.75 Å². The van der Waals surface area contributed by atoms with Gasteiger partial charge in [0.15, 0.2) is 0 Å². The molecule has 0 radical (unpaired) electrons. The minimum atomic E-state index is -0.955. The Morgan fingerprint density at radius 2 is 1.93 bits per heavy atom. The van der Waals surface area contributed by atoms with Gasteiger partial charge in [0.2, 0.25) is 17.7 Å². The van der Waals surface area contributed by atoms with E-state index in [-0.39, 0.29) is 23.8 Å². The molecule has 0 N–H and O–H groups in total. The normalized spacial score (nSPS) is 31.9. The van der Waals surface area contributed by atoms with Crippen molar-refractivity contribution >= 4 is 23.4 Å². The minimum Gasteiger partial charge on any atom is -0.497 e. The van der Waals surface area contributed by atoms with Crippen LogP contribution in [0.15, 0.2) is 29.8 Å². The van der Waals surface area contributed by atoms with E-state index < -0.39 is 17.5 Å². The fraction of sp³-hybridized carbons (Fsp3) is 0.522. The second kappa shape index (κ2) is 6.33. The number of fused-ring (bicyclic) bond motifs is 4. The number of likely N-dealkylation sites (N-methyl/N-ethyl adjacent to an activating group) is 1. The number of hydrogen-bond acceptors (Lipinski definition) is 4. The lowest BCUT2D eigenvalue weighted by atomic mass is 9.73. The van der Waals surface area contributed by atoms with Crippen molar-refractivity contribution in [2.24, 2.45) is 0 Å². The number of allylic oxidation sites excluding steroid dienone is 1. The molecule has 1 aromatic carbocycles. The van der Waals surface area contributed by atoms with E-state index in [2.05, 4.69) is 0 Å². The Labute approximate surface area is 176 Å². The molecule has 3 saturated heterocycles. The van der Waals surface area contributed by atoms with Gasteiger partial charge in [0, 0.05) is 19.7 Å². The van der Waals surface area contributed by atoms with E-state index in [4.69, 9.17) is 4.74 Å². The number of ether oxygens (including phenoxy) is 1. The Hall–Kier alpha value is -2.83. The van der Waals surface area contributed by atoms with Gasteiger partial charge in [-0.05, 0) is 44.7 Å². The molecule has 1 spiro atoms. The van der Waals surface area contributed by atoms with Crippen molar-refractivity contribution < 1.29 is 19.1 Å². The predicted octanol–water partition coefficient (Wildman–Crippen LogP) is 1.85. The molecule has 30 heavy (non-hydrogen) atoms. The van der Waals surface area contributed by atoms with Crippen molar-refractivity contribution in [2.45, 2.75) is 56.7 Å². The Balaban J connectivity index is 1.71. The van der Waals surface area contributed by atoms with Crippen LogP contribution in [0.3, 0.4) is 0 Å². The van der Waals surface area contributed by atoms with Crippen molar-refractivity contribution in [3.8, 4) is 5.75 Å². The molecule has 0 bridgehead atoms. The van der Waals surface area contributed by atoms with Crippen molar-refractivity contribution in [2.75, 3.05) is 25.6 Å². The van der Waals surface area contributed by atoms with Gasteiger partial charge < -0.3 is 19.4 Å². The molecule has 4 heterocycles. The Kier molecular flexibility index (Phi) is 4.04. The van der Waals surface area contributed by atoms with Gasteiger partial charge in [0.25, 0.3) is 0 Å². The first-order chi connectivity index (χ1) is 14.3. The summed E-state index contributed by atoms with van der Waals surface area (Å²) in [5, 5.41) is 0. The average Bonchev–Trinajstić information content (AvgIpc) is 3.39. The van der Waals surface area contributed by atoms with Crippen LogP contribution in [0.1, 0.15) is 38.7 Å². The van der Waals surface area contributed by atoms with E-state index in [9.17, 15) is 14.4 Å². The third kappa shape index (κ3) is 2.23. The molecule has 0 aliphatic carbocycles. The highest BCUT2D eigenvalue weighted by Gasteiger charge is 2.67. The van der Waals surface area contributed by atoms with Crippen molar-refractivity contribution in [1.29, 1.82) is 0 Å². The number of anilines is 1. The minimum absolute atomic E-state index is 0.0152. The number of methoxy groups -OCH3 is 1. The fourth-order valence-electron chi connectivity index (χ4n) is 5.94. The van der Waals surface area contributed by atoms with Gasteiger partial charge in [-0.1, -0.05) is 17.7 Å². The van der Waals surface area contributed by atoms with Crippen LogP contribution in [0, 0.1) is 0 Å². The van der Waals surface area contributed by atoms with Crippen LogP contribution in [0.2, 0.25) is 0 Å². The fourth-order valence-corrected chi connectivity index (χ4v) is 5.94. The molecule has 158 valence electrons. The van der Waals surface area contributed by atoms with Crippen LogP contribution >= 0.6 is 0 Å². The molecule has 1 aromatic rings. The number of carbonyl (C=O) groups is 3. The SMILES string of the molecule is COc1ccc2c(c1)N(C)C(=O)[C@@]21C[C@H]2C(=O)N3CCC[C@H]3C(=O)N2[C@H]1C=C(C)C. The Morgan fingerprint density at radius 1 is 1.17 bits per heavy atom. The topological polar surface area (TPSA) is 70.2 Å². The third-order valence-electron chi connectivity index (χ3n) is 7.24. The molecule has 7 nitrogen and oxygen atoms in total. The first-order valence-electron chi connectivity index (χ1n) is 10.6. The van der Waals surface area contributed by atoms with Crippen molar-refractivity contribution in [3.63, 3.8) is 0 Å². The highest BCUT2D eigenvalue weighted by atomic mass is 16.5. The number of hydrogen-bond donors (Lipinski definition) is 0. The number of benzene rings is 1. The number of piperazine rings is 1. The lowest BCUT2D eigenvalue weighted by Crippen LogP contribution is -2.62. The van der Waals surface area contributed by atoms with Gasteiger partial charge in [-0.3, -0.25) is 14.4 Å². The average molecular weight is 409 g/mol. The first-order valence-corrected chi connectivity index (χ1v) is 10.6. The highest BCUT2D eigenvalue weighted by Crippen LogP contribution is 2.55. The molecular weight excluding hydrogens is 382 g/mol. The van der Waals surface area contributed by atoms with Gasteiger partial charge in [-0.2, -0.15) is 0 Å². The van der Waals surface area contributed by atoms with Crippen LogP contribution in [0.25, 0.3) is 0 Å². The van der Waals surface area contributed by atoms with Crippen LogP contribution in [-0.2, 0) is 19.8 Å². The molecule has 0 aromatic heterocycles. The van der Waals surface area contributed by atoms with Gasteiger partial charge in [0.1, 0.15) is 23.2 Å². The van der Waals surface area contributed by atoms with Crippen LogP contribution in [0.4, 0.5) is 5.69 Å². The maximum Gasteiger partial charge on any atom is 0.246 e. The van der Waals surface area contributed by atoms with E-state index in [0.717, 1.165) is 23.2 Å². The Morgan fingerprint density at radius 3 is 2.63 bits per heavy atom. The zero-order valence-electron chi connectivity index (χ0n) is 17.8. The monoisotopic (exact) mass is 409 g/mol. The van der Waals surface area contributed by atoms with Crippen LogP contribution < -0.4 is 9.64 Å². The molecule has 3 amide bonds. The third-order valence-corrected chi connectivity index (χ3v) is 7.24. The Bertz CT molecular complexity index is 998. The largest absolute Gasteiger partial charge is 0.497 e.